The van der Waals surface area contributed by atoms with Crippen LogP contribution in [-0.2, 0) is 6.54 Å². The first kappa shape index (κ1) is 13.9. The predicted octanol–water partition coefficient (Wildman–Crippen LogP) is 2.57. The normalized spacial score (nSPS) is 19.0. The van der Waals surface area contributed by atoms with Gasteiger partial charge in [0.05, 0.1) is 5.92 Å². The molecule has 0 N–H and O–H groups in total. The number of Topliss-reactive ketones (excluding diaryl/α,β-unsaturated/α-hetero) is 1. The number of likely N-dealkylation sites (tertiary alicyclic amines) is 1. The van der Waals surface area contributed by atoms with Gasteiger partial charge in [0.25, 0.3) is 0 Å². The highest BCUT2D eigenvalue weighted by atomic mass is 16.5. The van der Waals surface area contributed by atoms with Gasteiger partial charge >= 0.3 is 0 Å². The minimum absolute atomic E-state index is 0.106. The molecule has 1 aliphatic heterocycles. The third-order valence-electron chi connectivity index (χ3n) is 3.93. The molecule has 1 fully saturated rings. The molecule has 2 aromatic rings. The van der Waals surface area contributed by atoms with Crippen LogP contribution in [0.1, 0.15) is 46.9 Å². The van der Waals surface area contributed by atoms with E-state index in [-0.39, 0.29) is 5.78 Å². The number of hydrogen-bond acceptors (Lipinski definition) is 5. The fourth-order valence-corrected chi connectivity index (χ4v) is 2.76. The first-order chi connectivity index (χ1) is 10.1. The van der Waals surface area contributed by atoms with Crippen molar-refractivity contribution in [3.8, 4) is 0 Å². The average molecular weight is 285 g/mol. The topological polar surface area (TPSA) is 59.2 Å². The molecule has 1 unspecified atom stereocenters. The summed E-state index contributed by atoms with van der Waals surface area (Å²) in [6.45, 7) is 6.29. The molecule has 1 aliphatic rings. The van der Waals surface area contributed by atoms with E-state index in [2.05, 4.69) is 15.0 Å². The van der Waals surface area contributed by atoms with Gasteiger partial charge in [-0.05, 0) is 32.4 Å². The van der Waals surface area contributed by atoms with Crippen LogP contribution in [0.4, 0.5) is 0 Å². The lowest BCUT2D eigenvalue weighted by Gasteiger charge is -2.15. The summed E-state index contributed by atoms with van der Waals surface area (Å²) in [6, 6.07) is 7.85. The van der Waals surface area contributed by atoms with Crippen molar-refractivity contribution >= 4 is 5.78 Å². The standard InChI is InChI=1S/C16H19N3O2/c1-11(20)14-5-3-13(4-6-14)9-19-8-7-15(10-19)16-17-12(2)18-21-16/h3-6,15H,7-10H2,1-2H3. The van der Waals surface area contributed by atoms with E-state index in [1.165, 1.54) is 5.56 Å². The Hall–Kier alpha value is -2.01. The van der Waals surface area contributed by atoms with Crippen molar-refractivity contribution < 1.29 is 9.32 Å². The molecule has 0 spiro atoms. The minimum atomic E-state index is 0.106. The third-order valence-corrected chi connectivity index (χ3v) is 3.93. The molecule has 0 bridgehead atoms. The predicted molar refractivity (Wildman–Crippen MR) is 78.1 cm³/mol. The largest absolute Gasteiger partial charge is 0.339 e. The maximum atomic E-state index is 11.3. The number of aromatic nitrogens is 2. The van der Waals surface area contributed by atoms with E-state index >= 15 is 0 Å². The number of carbonyl (C=O) groups is 1. The molecule has 0 saturated carbocycles. The summed E-state index contributed by atoms with van der Waals surface area (Å²) in [5.41, 5.74) is 1.99. The Kier molecular flexibility index (Phi) is 3.84. The molecule has 1 saturated heterocycles. The van der Waals surface area contributed by atoms with Gasteiger partial charge in [0.15, 0.2) is 11.6 Å². The Labute approximate surface area is 124 Å². The first-order valence-electron chi connectivity index (χ1n) is 7.24. The molecule has 0 radical (unpaired) electrons. The maximum Gasteiger partial charge on any atom is 0.231 e. The third kappa shape index (κ3) is 3.19. The summed E-state index contributed by atoms with van der Waals surface area (Å²) in [4.78, 5) is 18.0. The second-order valence-corrected chi connectivity index (χ2v) is 5.65. The van der Waals surface area contributed by atoms with Crippen LogP contribution in [-0.4, -0.2) is 33.9 Å². The Morgan fingerprint density at radius 2 is 2.14 bits per heavy atom. The lowest BCUT2D eigenvalue weighted by Crippen LogP contribution is -2.19. The molecule has 0 aliphatic carbocycles. The molecule has 1 atom stereocenters. The number of hydrogen-bond donors (Lipinski definition) is 0. The van der Waals surface area contributed by atoms with E-state index < -0.39 is 0 Å². The van der Waals surface area contributed by atoms with E-state index in [0.29, 0.717) is 11.7 Å². The zero-order chi connectivity index (χ0) is 14.8. The highest BCUT2D eigenvalue weighted by Gasteiger charge is 2.27. The lowest BCUT2D eigenvalue weighted by atomic mass is 10.1. The van der Waals surface area contributed by atoms with Crippen LogP contribution >= 0.6 is 0 Å². The molecule has 5 heteroatoms. The van der Waals surface area contributed by atoms with Crippen molar-refractivity contribution in [3.05, 3.63) is 47.1 Å². The van der Waals surface area contributed by atoms with Crippen LogP contribution < -0.4 is 0 Å². The number of ketones is 1. The number of nitrogens with zero attached hydrogens (tertiary/aromatic N) is 3. The van der Waals surface area contributed by atoms with Crippen molar-refractivity contribution in [1.82, 2.24) is 15.0 Å². The average Bonchev–Trinajstić information content (AvgIpc) is 3.08. The van der Waals surface area contributed by atoms with Gasteiger partial charge in [0.1, 0.15) is 0 Å². The molecule has 21 heavy (non-hydrogen) atoms. The Bertz CT molecular complexity index is 633. The molecule has 3 rings (SSSR count). The van der Waals surface area contributed by atoms with Crippen LogP contribution in [0, 0.1) is 6.92 Å². The van der Waals surface area contributed by atoms with Crippen molar-refractivity contribution in [2.45, 2.75) is 32.7 Å². The summed E-state index contributed by atoms with van der Waals surface area (Å²) >= 11 is 0. The van der Waals surface area contributed by atoms with Crippen LogP contribution in [0.2, 0.25) is 0 Å². The molecule has 110 valence electrons. The molecular formula is C16H19N3O2. The van der Waals surface area contributed by atoms with Gasteiger partial charge in [0.2, 0.25) is 5.89 Å². The summed E-state index contributed by atoms with van der Waals surface area (Å²) in [5, 5.41) is 3.86. The van der Waals surface area contributed by atoms with Crippen LogP contribution in [0.5, 0.6) is 0 Å². The van der Waals surface area contributed by atoms with E-state index in [1.54, 1.807) is 6.92 Å². The van der Waals surface area contributed by atoms with E-state index in [0.717, 1.165) is 37.5 Å². The fourth-order valence-electron chi connectivity index (χ4n) is 2.76. The summed E-state index contributed by atoms with van der Waals surface area (Å²) in [5.74, 6) is 1.89. The molecule has 1 aromatic heterocycles. The summed E-state index contributed by atoms with van der Waals surface area (Å²) in [7, 11) is 0. The van der Waals surface area contributed by atoms with Crippen LogP contribution in [0.25, 0.3) is 0 Å². The highest BCUT2D eigenvalue weighted by Crippen LogP contribution is 2.27. The van der Waals surface area contributed by atoms with Crippen molar-refractivity contribution in [1.29, 1.82) is 0 Å². The molecular weight excluding hydrogens is 266 g/mol. The van der Waals surface area contributed by atoms with Crippen LogP contribution in [0.15, 0.2) is 28.8 Å². The van der Waals surface area contributed by atoms with Gasteiger partial charge in [-0.15, -0.1) is 0 Å². The fraction of sp³-hybridized carbons (Fsp3) is 0.438. The quantitative estimate of drug-likeness (QED) is 0.808. The van der Waals surface area contributed by atoms with Gasteiger partial charge < -0.3 is 4.52 Å². The van der Waals surface area contributed by atoms with Crippen LogP contribution in [0.3, 0.4) is 0 Å². The van der Waals surface area contributed by atoms with Gasteiger partial charge in [-0.2, -0.15) is 4.98 Å². The monoisotopic (exact) mass is 285 g/mol. The Morgan fingerprint density at radius 1 is 1.38 bits per heavy atom. The molecule has 0 amide bonds. The molecule has 1 aromatic carbocycles. The zero-order valence-corrected chi connectivity index (χ0v) is 12.4. The van der Waals surface area contributed by atoms with Crippen molar-refractivity contribution in [2.75, 3.05) is 13.1 Å². The zero-order valence-electron chi connectivity index (χ0n) is 12.4. The van der Waals surface area contributed by atoms with Gasteiger partial charge in [-0.3, -0.25) is 9.69 Å². The lowest BCUT2D eigenvalue weighted by molar-refractivity contribution is 0.101. The minimum Gasteiger partial charge on any atom is -0.339 e. The van der Waals surface area contributed by atoms with E-state index in [4.69, 9.17) is 4.52 Å². The summed E-state index contributed by atoms with van der Waals surface area (Å²) < 4.78 is 5.26. The van der Waals surface area contributed by atoms with E-state index in [9.17, 15) is 4.79 Å². The van der Waals surface area contributed by atoms with Gasteiger partial charge in [-0.25, -0.2) is 0 Å². The molecule has 2 heterocycles. The number of rotatable bonds is 4. The SMILES string of the molecule is CC(=O)c1ccc(CN2CCC(c3nc(C)no3)C2)cc1. The Morgan fingerprint density at radius 3 is 2.76 bits per heavy atom. The summed E-state index contributed by atoms with van der Waals surface area (Å²) in [6.07, 6.45) is 1.05. The second kappa shape index (κ2) is 5.77. The molecule has 5 nitrogen and oxygen atoms in total. The number of carbonyl (C=O) groups excluding carboxylic acids is 1. The van der Waals surface area contributed by atoms with Gasteiger partial charge in [0, 0.05) is 18.7 Å². The maximum absolute atomic E-state index is 11.3. The Balaban J connectivity index is 1.60. The van der Waals surface area contributed by atoms with Gasteiger partial charge in [-0.1, -0.05) is 29.4 Å². The van der Waals surface area contributed by atoms with Crippen molar-refractivity contribution in [3.63, 3.8) is 0 Å². The smallest absolute Gasteiger partial charge is 0.231 e. The first-order valence-corrected chi connectivity index (χ1v) is 7.24. The number of aryl methyl sites for hydroxylation is 1. The highest BCUT2D eigenvalue weighted by molar-refractivity contribution is 5.93. The van der Waals surface area contributed by atoms with E-state index in [1.807, 2.05) is 31.2 Å². The second-order valence-electron chi connectivity index (χ2n) is 5.65. The van der Waals surface area contributed by atoms with Crippen molar-refractivity contribution in [2.24, 2.45) is 0 Å². The number of benzene rings is 1.